The molecule has 1 heterocycles. The van der Waals surface area contributed by atoms with Gasteiger partial charge in [0.25, 0.3) is 0 Å². The molecule has 0 aliphatic heterocycles. The van der Waals surface area contributed by atoms with Crippen molar-refractivity contribution in [3.63, 3.8) is 0 Å². The molecule has 1 aliphatic rings. The van der Waals surface area contributed by atoms with Crippen LogP contribution in [0.15, 0.2) is 12.1 Å². The molecule has 1 aliphatic carbocycles. The molecule has 1 unspecified atom stereocenters. The van der Waals surface area contributed by atoms with E-state index in [1.54, 1.807) is 12.1 Å². The van der Waals surface area contributed by atoms with Crippen LogP contribution in [0.25, 0.3) is 0 Å². The van der Waals surface area contributed by atoms with Crippen LogP contribution in [0.4, 0.5) is 11.5 Å². The zero-order valence-corrected chi connectivity index (χ0v) is 12.2. The van der Waals surface area contributed by atoms with Crippen molar-refractivity contribution in [3.05, 3.63) is 17.8 Å². The van der Waals surface area contributed by atoms with Crippen LogP contribution < -0.4 is 11.1 Å². The third-order valence-corrected chi connectivity index (χ3v) is 3.70. The Balaban J connectivity index is 1.99. The van der Waals surface area contributed by atoms with E-state index in [1.165, 1.54) is 20.0 Å². The van der Waals surface area contributed by atoms with Crippen molar-refractivity contribution in [2.24, 2.45) is 0 Å². The second-order valence-electron chi connectivity index (χ2n) is 5.25. The minimum Gasteiger partial charge on any atom is -0.464 e. The number of anilines is 2. The molecule has 1 aromatic rings. The number of nitrogens with one attached hydrogen (secondary N) is 1. The zero-order chi connectivity index (χ0) is 14.7. The first-order chi connectivity index (χ1) is 9.52. The Morgan fingerprint density at radius 2 is 2.30 bits per heavy atom. The van der Waals surface area contributed by atoms with Crippen LogP contribution in [0.2, 0.25) is 0 Å². The molecule has 1 atom stereocenters. The van der Waals surface area contributed by atoms with Gasteiger partial charge < -0.3 is 15.8 Å². The van der Waals surface area contributed by atoms with Gasteiger partial charge in [0.2, 0.25) is 0 Å². The molecule has 1 saturated carbocycles. The molecule has 1 aromatic heterocycles. The summed E-state index contributed by atoms with van der Waals surface area (Å²) in [4.78, 5) is 18.0. The number of methoxy groups -OCH3 is 1. The average Bonchev–Trinajstić information content (AvgIpc) is 3.29. The molecule has 6 heteroatoms. The normalized spacial score (nSPS) is 16.0. The van der Waals surface area contributed by atoms with E-state index in [1.807, 2.05) is 0 Å². The van der Waals surface area contributed by atoms with Gasteiger partial charge in [-0.1, -0.05) is 0 Å². The monoisotopic (exact) mass is 278 g/mol. The highest BCUT2D eigenvalue weighted by Gasteiger charge is 2.29. The fraction of sp³-hybridized carbons (Fsp3) is 0.571. The summed E-state index contributed by atoms with van der Waals surface area (Å²) in [5.41, 5.74) is 6.66. The summed E-state index contributed by atoms with van der Waals surface area (Å²) in [5.74, 6) is 0.0696. The number of carbonyl (C=O) groups is 1. The number of hydrogen-bond donors (Lipinski definition) is 2. The number of nitrogen functional groups attached to an aromatic ring is 1. The molecule has 0 saturated heterocycles. The summed E-state index contributed by atoms with van der Waals surface area (Å²) < 4.78 is 4.66. The Labute approximate surface area is 119 Å². The maximum absolute atomic E-state index is 11.5. The quantitative estimate of drug-likeness (QED) is 0.764. The van der Waals surface area contributed by atoms with E-state index in [0.717, 1.165) is 6.54 Å². The lowest BCUT2D eigenvalue weighted by atomic mass is 10.2. The number of likely N-dealkylation sites (N-methyl/N-ethyl adjacent to an activating group) is 1. The first-order valence-electron chi connectivity index (χ1n) is 6.83. The molecular formula is C14H22N4O2. The maximum atomic E-state index is 11.5. The molecule has 110 valence electrons. The molecular weight excluding hydrogens is 256 g/mol. The molecule has 0 aromatic carbocycles. The van der Waals surface area contributed by atoms with Gasteiger partial charge in [0.1, 0.15) is 5.82 Å². The van der Waals surface area contributed by atoms with Crippen molar-refractivity contribution in [1.82, 2.24) is 9.88 Å². The number of rotatable bonds is 6. The number of aromatic nitrogens is 1. The zero-order valence-electron chi connectivity index (χ0n) is 12.2. The highest BCUT2D eigenvalue weighted by molar-refractivity contribution is 5.88. The summed E-state index contributed by atoms with van der Waals surface area (Å²) in [7, 11) is 3.46. The SMILES string of the molecule is COC(=O)c1ccc(N)c(NCC(C)N(C)C2CC2)n1. The van der Waals surface area contributed by atoms with E-state index in [2.05, 4.69) is 33.9 Å². The first kappa shape index (κ1) is 14.6. The van der Waals surface area contributed by atoms with Crippen molar-refractivity contribution >= 4 is 17.5 Å². The van der Waals surface area contributed by atoms with E-state index in [0.29, 0.717) is 23.6 Å². The Morgan fingerprint density at radius 1 is 1.60 bits per heavy atom. The molecule has 0 amide bonds. The van der Waals surface area contributed by atoms with Gasteiger partial charge in [0.15, 0.2) is 5.69 Å². The number of nitrogens with zero attached hydrogens (tertiary/aromatic N) is 2. The molecule has 0 radical (unpaired) electrons. The van der Waals surface area contributed by atoms with Crippen LogP contribution >= 0.6 is 0 Å². The molecule has 2 rings (SSSR count). The average molecular weight is 278 g/mol. The van der Waals surface area contributed by atoms with Crippen LogP contribution in [0, 0.1) is 0 Å². The van der Waals surface area contributed by atoms with Gasteiger partial charge in [0.05, 0.1) is 12.8 Å². The second-order valence-corrected chi connectivity index (χ2v) is 5.25. The predicted octanol–water partition coefficient (Wildman–Crippen LogP) is 1.34. The molecule has 3 N–H and O–H groups in total. The topological polar surface area (TPSA) is 80.5 Å². The summed E-state index contributed by atoms with van der Waals surface area (Å²) in [6, 6.07) is 4.31. The molecule has 20 heavy (non-hydrogen) atoms. The van der Waals surface area contributed by atoms with E-state index in [-0.39, 0.29) is 5.69 Å². The lowest BCUT2D eigenvalue weighted by Crippen LogP contribution is -2.36. The standard InChI is InChI=1S/C14H22N4O2/c1-9(18(2)10-4-5-10)8-16-13-11(15)6-7-12(17-13)14(19)20-3/h6-7,9-10H,4-5,8,15H2,1-3H3,(H,16,17). The van der Waals surface area contributed by atoms with E-state index < -0.39 is 5.97 Å². The predicted molar refractivity (Wildman–Crippen MR) is 78.7 cm³/mol. The van der Waals surface area contributed by atoms with Gasteiger partial charge in [-0.2, -0.15) is 0 Å². The van der Waals surface area contributed by atoms with Gasteiger partial charge in [-0.3, -0.25) is 4.90 Å². The fourth-order valence-electron chi connectivity index (χ4n) is 2.06. The summed E-state index contributed by atoms with van der Waals surface area (Å²) in [5, 5.41) is 3.21. The van der Waals surface area contributed by atoms with Crippen LogP contribution in [-0.2, 0) is 4.74 Å². The third-order valence-electron chi connectivity index (χ3n) is 3.70. The van der Waals surface area contributed by atoms with E-state index in [4.69, 9.17) is 5.73 Å². The molecule has 1 fully saturated rings. The van der Waals surface area contributed by atoms with Crippen LogP contribution in [-0.4, -0.2) is 48.6 Å². The van der Waals surface area contributed by atoms with E-state index >= 15 is 0 Å². The van der Waals surface area contributed by atoms with Crippen LogP contribution in [0.3, 0.4) is 0 Å². The lowest BCUT2D eigenvalue weighted by molar-refractivity contribution is 0.0594. The van der Waals surface area contributed by atoms with Crippen molar-refractivity contribution in [2.45, 2.75) is 31.8 Å². The fourth-order valence-corrected chi connectivity index (χ4v) is 2.06. The number of ether oxygens (including phenoxy) is 1. The first-order valence-corrected chi connectivity index (χ1v) is 6.83. The van der Waals surface area contributed by atoms with Gasteiger partial charge in [-0.15, -0.1) is 0 Å². The Morgan fingerprint density at radius 3 is 2.90 bits per heavy atom. The minimum absolute atomic E-state index is 0.257. The second kappa shape index (κ2) is 6.09. The summed E-state index contributed by atoms with van der Waals surface area (Å²) >= 11 is 0. The number of esters is 1. The van der Waals surface area contributed by atoms with E-state index in [9.17, 15) is 4.79 Å². The van der Waals surface area contributed by atoms with Crippen LogP contribution in [0.5, 0.6) is 0 Å². The Hall–Kier alpha value is -1.82. The number of hydrogen-bond acceptors (Lipinski definition) is 6. The smallest absolute Gasteiger partial charge is 0.356 e. The third kappa shape index (κ3) is 3.39. The molecule has 0 spiro atoms. The van der Waals surface area contributed by atoms with Crippen molar-refractivity contribution in [1.29, 1.82) is 0 Å². The Bertz CT molecular complexity index is 488. The largest absolute Gasteiger partial charge is 0.464 e. The van der Waals surface area contributed by atoms with Gasteiger partial charge >= 0.3 is 5.97 Å². The number of nitrogens with two attached hydrogens (primary N) is 1. The number of pyridine rings is 1. The molecule has 6 nitrogen and oxygen atoms in total. The van der Waals surface area contributed by atoms with Crippen molar-refractivity contribution in [2.75, 3.05) is 31.8 Å². The Kier molecular flexibility index (Phi) is 4.44. The number of carbonyl (C=O) groups excluding carboxylic acids is 1. The maximum Gasteiger partial charge on any atom is 0.356 e. The highest BCUT2D eigenvalue weighted by atomic mass is 16.5. The lowest BCUT2D eigenvalue weighted by Gasteiger charge is -2.25. The summed E-state index contributed by atoms with van der Waals surface area (Å²) in [6.45, 7) is 2.89. The van der Waals surface area contributed by atoms with Gasteiger partial charge in [-0.05, 0) is 38.9 Å². The van der Waals surface area contributed by atoms with Gasteiger partial charge in [-0.25, -0.2) is 9.78 Å². The summed E-state index contributed by atoms with van der Waals surface area (Å²) in [6.07, 6.45) is 2.55. The minimum atomic E-state index is -0.462. The van der Waals surface area contributed by atoms with Crippen molar-refractivity contribution in [3.8, 4) is 0 Å². The molecule has 0 bridgehead atoms. The van der Waals surface area contributed by atoms with Crippen LogP contribution in [0.1, 0.15) is 30.3 Å². The highest BCUT2D eigenvalue weighted by Crippen LogP contribution is 2.27. The van der Waals surface area contributed by atoms with Gasteiger partial charge in [0, 0.05) is 18.6 Å². The van der Waals surface area contributed by atoms with Crippen molar-refractivity contribution < 1.29 is 9.53 Å².